The number of amides is 6. The predicted octanol–water partition coefficient (Wildman–Crippen LogP) is 3.63. The van der Waals surface area contributed by atoms with Crippen molar-refractivity contribution >= 4 is 41.4 Å². The first-order valence-corrected chi connectivity index (χ1v) is 21.0. The van der Waals surface area contributed by atoms with Gasteiger partial charge in [0.2, 0.25) is 35.4 Å². The van der Waals surface area contributed by atoms with Crippen molar-refractivity contribution in [3.8, 4) is 0 Å². The van der Waals surface area contributed by atoms with Crippen molar-refractivity contribution in [2.75, 3.05) is 0 Å². The van der Waals surface area contributed by atoms with Crippen molar-refractivity contribution in [3.05, 3.63) is 0 Å². The van der Waals surface area contributed by atoms with Gasteiger partial charge < -0.3 is 42.7 Å². The number of carboxylic acid groups (broad SMARTS) is 1. The van der Waals surface area contributed by atoms with Crippen molar-refractivity contribution in [3.63, 3.8) is 0 Å². The maximum absolute atomic E-state index is 14.0. The summed E-state index contributed by atoms with van der Waals surface area (Å²) < 4.78 is 0. The van der Waals surface area contributed by atoms with Crippen LogP contribution in [0.25, 0.3) is 0 Å². The maximum atomic E-state index is 14.0. The summed E-state index contributed by atoms with van der Waals surface area (Å²) in [7, 11) is 0. The third-order valence-electron chi connectivity index (χ3n) is 9.08. The van der Waals surface area contributed by atoms with Crippen LogP contribution < -0.4 is 37.6 Å². The highest BCUT2D eigenvalue weighted by Gasteiger charge is 2.35. The topological polar surface area (TPSA) is 238 Å². The van der Waals surface area contributed by atoms with Crippen LogP contribution >= 0.6 is 0 Å². The van der Waals surface area contributed by atoms with E-state index in [1.807, 2.05) is 96.9 Å². The molecule has 0 unspecified atom stereocenters. The quantitative estimate of drug-likeness (QED) is 0.0604. The van der Waals surface area contributed by atoms with Crippen LogP contribution in [0.2, 0.25) is 0 Å². The summed E-state index contributed by atoms with van der Waals surface area (Å²) in [5.74, 6) is -4.54. The molecule has 0 aliphatic rings. The van der Waals surface area contributed by atoms with E-state index in [9.17, 15) is 38.7 Å². The van der Waals surface area contributed by atoms with Gasteiger partial charge in [-0.2, -0.15) is 0 Å². The van der Waals surface area contributed by atoms with Crippen molar-refractivity contribution in [1.82, 2.24) is 31.9 Å². The second-order valence-corrected chi connectivity index (χ2v) is 18.7. The van der Waals surface area contributed by atoms with Crippen molar-refractivity contribution in [2.45, 2.75) is 184 Å². The van der Waals surface area contributed by atoms with Gasteiger partial charge in [0, 0.05) is 0 Å². The molecule has 0 fully saturated rings. The van der Waals surface area contributed by atoms with Crippen molar-refractivity contribution < 1.29 is 38.7 Å². The Labute approximate surface area is 342 Å². The lowest BCUT2D eigenvalue weighted by atomic mass is 9.97. The van der Waals surface area contributed by atoms with E-state index in [1.54, 1.807) is 0 Å². The molecular formula is C42H79N7O8. The zero-order valence-electron chi connectivity index (χ0n) is 37.4. The molecule has 15 heteroatoms. The first-order valence-electron chi connectivity index (χ1n) is 21.0. The lowest BCUT2D eigenvalue weighted by molar-refractivity contribution is -0.143. The zero-order valence-corrected chi connectivity index (χ0v) is 37.4. The molecular weight excluding hydrogens is 731 g/mol. The maximum Gasteiger partial charge on any atom is 0.326 e. The molecule has 330 valence electrons. The normalized spacial score (nSPS) is 15.5. The van der Waals surface area contributed by atoms with Crippen LogP contribution in [0.4, 0.5) is 0 Å². The summed E-state index contributed by atoms with van der Waals surface area (Å²) in [5.41, 5.74) is 6.10. The Kier molecular flexibility index (Phi) is 24.6. The summed E-state index contributed by atoms with van der Waals surface area (Å²) in [5, 5.41) is 26.3. The Balaban J connectivity index is 6.36. The SMILES string of the molecule is CC(C)C[C@H](NC(=O)[C@H](CC(C)C)NC(=O)[C@H](CC(C)C)NC(=O)[C@H](CC(C)C)NC(=O)[C@H](CC(C)C)NC(=O)[C@H](CC(C)C)NC(=O)[C@@H](N)CC(C)C)C(=O)O. The van der Waals surface area contributed by atoms with Crippen molar-refractivity contribution in [2.24, 2.45) is 47.2 Å². The molecule has 9 N–H and O–H groups in total. The van der Waals surface area contributed by atoms with E-state index in [1.165, 1.54) is 0 Å². The van der Waals surface area contributed by atoms with Gasteiger partial charge in [-0.1, -0.05) is 96.9 Å². The van der Waals surface area contributed by atoms with Gasteiger partial charge in [-0.25, -0.2) is 4.79 Å². The van der Waals surface area contributed by atoms with E-state index in [0.29, 0.717) is 12.8 Å². The van der Waals surface area contributed by atoms with Gasteiger partial charge in [-0.3, -0.25) is 28.8 Å². The van der Waals surface area contributed by atoms with E-state index >= 15 is 0 Å². The number of carbonyl (C=O) groups excluding carboxylic acids is 6. The molecule has 7 atom stereocenters. The monoisotopic (exact) mass is 810 g/mol. The first-order chi connectivity index (χ1) is 26.2. The Hall–Kier alpha value is -3.75. The minimum Gasteiger partial charge on any atom is -0.480 e. The molecule has 0 aliphatic heterocycles. The van der Waals surface area contributed by atoms with Crippen LogP contribution in [0.15, 0.2) is 0 Å². The average molecular weight is 810 g/mol. The van der Waals surface area contributed by atoms with Crippen molar-refractivity contribution in [1.29, 1.82) is 0 Å². The lowest BCUT2D eigenvalue weighted by Gasteiger charge is -2.29. The summed E-state index contributed by atoms with van der Waals surface area (Å²) >= 11 is 0. The second kappa shape index (κ2) is 26.3. The molecule has 0 spiro atoms. The largest absolute Gasteiger partial charge is 0.480 e. The minimum absolute atomic E-state index is 0.000266. The minimum atomic E-state index is -1.17. The molecule has 0 bridgehead atoms. The third kappa shape index (κ3) is 22.7. The summed E-state index contributed by atoms with van der Waals surface area (Å²) in [6, 6.07) is -7.11. The number of hydrogen-bond donors (Lipinski definition) is 8. The first kappa shape index (κ1) is 53.2. The summed E-state index contributed by atoms with van der Waals surface area (Å²) in [4.78, 5) is 93.7. The van der Waals surface area contributed by atoms with Gasteiger partial charge in [0.25, 0.3) is 0 Å². The van der Waals surface area contributed by atoms with E-state index < -0.39 is 83.7 Å². The molecule has 57 heavy (non-hydrogen) atoms. The molecule has 6 amide bonds. The standard InChI is InChI=1S/C42H79N7O8/c1-22(2)15-29(43)36(50)44-30(16-23(3)4)37(51)45-31(17-24(5)6)38(52)46-32(18-25(7)8)39(53)47-33(19-26(9)10)40(54)48-34(20-27(11)12)41(55)49-35(42(56)57)21-28(13)14/h22-35H,15-21,43H2,1-14H3,(H,44,50)(H,45,51)(H,46,52)(H,47,53)(H,48,54)(H,49,55)(H,56,57)/t29-,30-,31-,32-,33-,34-,35-/m0/s1. The zero-order chi connectivity index (χ0) is 44.3. The molecule has 0 aromatic heterocycles. The number of carbonyl (C=O) groups is 7. The van der Waals surface area contributed by atoms with E-state index in [-0.39, 0.29) is 73.5 Å². The number of aliphatic carboxylic acids is 1. The summed E-state index contributed by atoms with van der Waals surface area (Å²) in [6.07, 6.45) is 1.89. The average Bonchev–Trinajstić information content (AvgIpc) is 3.04. The van der Waals surface area contributed by atoms with Crippen LogP contribution in [0.5, 0.6) is 0 Å². The Bertz CT molecular complexity index is 1300. The molecule has 15 nitrogen and oxygen atoms in total. The molecule has 0 saturated heterocycles. The van der Waals surface area contributed by atoms with Gasteiger partial charge >= 0.3 is 5.97 Å². The second-order valence-electron chi connectivity index (χ2n) is 18.7. The van der Waals surface area contributed by atoms with Gasteiger partial charge in [0.05, 0.1) is 6.04 Å². The van der Waals surface area contributed by atoms with Crippen LogP contribution in [-0.2, 0) is 33.6 Å². The van der Waals surface area contributed by atoms with E-state index in [2.05, 4.69) is 31.9 Å². The molecule has 0 rings (SSSR count). The highest BCUT2D eigenvalue weighted by atomic mass is 16.4. The molecule has 0 aliphatic carbocycles. The fourth-order valence-electron chi connectivity index (χ4n) is 6.46. The fraction of sp³-hybridized carbons (Fsp3) is 0.833. The number of nitrogens with one attached hydrogen (secondary N) is 6. The molecule has 0 aromatic carbocycles. The molecule has 0 heterocycles. The van der Waals surface area contributed by atoms with Gasteiger partial charge in [0.15, 0.2) is 0 Å². The van der Waals surface area contributed by atoms with Crippen LogP contribution in [0.3, 0.4) is 0 Å². The van der Waals surface area contributed by atoms with Gasteiger partial charge in [0.1, 0.15) is 36.3 Å². The Morgan fingerprint density at radius 3 is 0.702 bits per heavy atom. The van der Waals surface area contributed by atoms with Crippen LogP contribution in [0, 0.1) is 41.4 Å². The Morgan fingerprint density at radius 1 is 0.333 bits per heavy atom. The highest BCUT2D eigenvalue weighted by molar-refractivity contribution is 5.97. The number of carboxylic acids is 1. The van der Waals surface area contributed by atoms with E-state index in [4.69, 9.17) is 5.73 Å². The van der Waals surface area contributed by atoms with Crippen LogP contribution in [-0.4, -0.2) is 88.8 Å². The van der Waals surface area contributed by atoms with E-state index in [0.717, 1.165) is 0 Å². The van der Waals surface area contributed by atoms with Crippen LogP contribution in [0.1, 0.15) is 142 Å². The lowest BCUT2D eigenvalue weighted by Crippen LogP contribution is -2.60. The number of hydrogen-bond acceptors (Lipinski definition) is 8. The predicted molar refractivity (Wildman–Crippen MR) is 223 cm³/mol. The number of nitrogens with two attached hydrogens (primary N) is 1. The van der Waals surface area contributed by atoms with Gasteiger partial charge in [-0.15, -0.1) is 0 Å². The number of rotatable bonds is 27. The molecule has 0 aromatic rings. The van der Waals surface area contributed by atoms with Gasteiger partial charge in [-0.05, 0) is 86.4 Å². The smallest absolute Gasteiger partial charge is 0.326 e. The fourth-order valence-corrected chi connectivity index (χ4v) is 6.46. The Morgan fingerprint density at radius 2 is 0.509 bits per heavy atom. The highest BCUT2D eigenvalue weighted by Crippen LogP contribution is 2.15. The molecule has 0 radical (unpaired) electrons. The summed E-state index contributed by atoms with van der Waals surface area (Å²) in [6.45, 7) is 26.5. The third-order valence-corrected chi connectivity index (χ3v) is 9.08. The molecule has 0 saturated carbocycles.